The summed E-state index contributed by atoms with van der Waals surface area (Å²) in [5.74, 6) is 0.188. The van der Waals surface area contributed by atoms with Gasteiger partial charge in [-0.15, -0.1) is 6.42 Å². The molecule has 0 rings (SSSR count). The average Bonchev–Trinajstić information content (AvgIpc) is 2.15. The maximum absolute atomic E-state index is 11.4. The lowest BCUT2D eigenvalue weighted by molar-refractivity contribution is -0.137. The Hall–Kier alpha value is -2.23. The van der Waals surface area contributed by atoms with Gasteiger partial charge in [0.15, 0.2) is 0 Å². The summed E-state index contributed by atoms with van der Waals surface area (Å²) in [6.45, 7) is 0.447. The van der Waals surface area contributed by atoms with E-state index in [1.807, 2.05) is 0 Å². The van der Waals surface area contributed by atoms with Gasteiger partial charge in [-0.25, -0.2) is 4.79 Å². The molecule has 0 aliphatic carbocycles. The zero-order valence-electron chi connectivity index (χ0n) is 8.77. The lowest BCUT2D eigenvalue weighted by Gasteiger charge is -2.20. The van der Waals surface area contributed by atoms with Crippen LogP contribution >= 0.6 is 0 Å². The Balaban J connectivity index is 4.50. The lowest BCUT2D eigenvalue weighted by atomic mass is 10.3. The number of carboxylic acid groups (broad SMARTS) is 1. The minimum absolute atomic E-state index is 0.477. The smallest absolute Gasteiger partial charge is 0.323 e. The molecule has 0 aromatic heterocycles. The summed E-state index contributed by atoms with van der Waals surface area (Å²) in [5.41, 5.74) is 4.88. The molecule has 7 nitrogen and oxygen atoms in total. The number of nitrogens with one attached hydrogen (secondary N) is 1. The standard InChI is InChI=1S/C9H13N3O4/c1-3-6(2)11-9(16)12(4-7(10)13)5-8(14)15/h1,6H,4-5H2,2H3,(H2,10,13)(H,11,16)(H,14,15). The van der Waals surface area contributed by atoms with Crippen LogP contribution in [-0.2, 0) is 9.59 Å². The molecule has 0 saturated heterocycles. The number of carbonyl (C=O) groups is 3. The molecule has 0 aliphatic rings. The summed E-state index contributed by atoms with van der Waals surface area (Å²) < 4.78 is 0. The number of terminal acetylenes is 1. The Morgan fingerprint density at radius 1 is 1.50 bits per heavy atom. The van der Waals surface area contributed by atoms with Gasteiger partial charge in [0.25, 0.3) is 0 Å². The summed E-state index contributed by atoms with van der Waals surface area (Å²) in [5, 5.41) is 10.8. The average molecular weight is 227 g/mol. The zero-order chi connectivity index (χ0) is 12.7. The fraction of sp³-hybridized carbons (Fsp3) is 0.444. The number of nitrogens with zero attached hydrogens (tertiary/aromatic N) is 1. The van der Waals surface area contributed by atoms with Crippen LogP contribution in [0, 0.1) is 12.3 Å². The van der Waals surface area contributed by atoms with E-state index in [9.17, 15) is 14.4 Å². The van der Waals surface area contributed by atoms with Gasteiger partial charge in [0.05, 0.1) is 6.04 Å². The van der Waals surface area contributed by atoms with E-state index < -0.39 is 37.0 Å². The Morgan fingerprint density at radius 3 is 2.44 bits per heavy atom. The van der Waals surface area contributed by atoms with Crippen LogP contribution in [0.5, 0.6) is 0 Å². The summed E-state index contributed by atoms with van der Waals surface area (Å²) in [7, 11) is 0. The summed E-state index contributed by atoms with van der Waals surface area (Å²) in [6, 6.07) is -1.30. The molecule has 1 atom stereocenters. The Morgan fingerprint density at radius 2 is 2.06 bits per heavy atom. The maximum atomic E-state index is 11.4. The number of aliphatic carboxylic acids is 1. The zero-order valence-corrected chi connectivity index (χ0v) is 8.77. The van der Waals surface area contributed by atoms with Crippen LogP contribution < -0.4 is 11.1 Å². The van der Waals surface area contributed by atoms with Crippen molar-refractivity contribution in [2.45, 2.75) is 13.0 Å². The van der Waals surface area contributed by atoms with Crippen molar-refractivity contribution < 1.29 is 19.5 Å². The number of carbonyl (C=O) groups excluding carboxylic acids is 2. The van der Waals surface area contributed by atoms with Crippen molar-refractivity contribution in [1.29, 1.82) is 0 Å². The van der Waals surface area contributed by atoms with Gasteiger partial charge in [0, 0.05) is 0 Å². The van der Waals surface area contributed by atoms with Crippen LogP contribution in [0.1, 0.15) is 6.92 Å². The topological polar surface area (TPSA) is 113 Å². The van der Waals surface area contributed by atoms with Crippen LogP contribution in [0.15, 0.2) is 0 Å². The fourth-order valence-corrected chi connectivity index (χ4v) is 0.869. The molecule has 0 bridgehead atoms. The molecule has 88 valence electrons. The number of urea groups is 1. The number of carboxylic acids is 1. The highest BCUT2D eigenvalue weighted by atomic mass is 16.4. The lowest BCUT2D eigenvalue weighted by Crippen LogP contribution is -2.48. The van der Waals surface area contributed by atoms with Gasteiger partial charge in [-0.2, -0.15) is 0 Å². The van der Waals surface area contributed by atoms with Crippen LogP contribution in [0.4, 0.5) is 4.79 Å². The van der Waals surface area contributed by atoms with Crippen molar-refractivity contribution in [2.24, 2.45) is 5.73 Å². The number of rotatable bonds is 5. The first-order chi connectivity index (χ1) is 7.36. The second kappa shape index (κ2) is 6.29. The molecule has 0 radical (unpaired) electrons. The molecule has 0 aromatic carbocycles. The monoisotopic (exact) mass is 227 g/mol. The Bertz CT molecular complexity index is 318. The van der Waals surface area contributed by atoms with E-state index in [4.69, 9.17) is 17.3 Å². The highest BCUT2D eigenvalue weighted by Crippen LogP contribution is 1.91. The molecule has 3 amide bonds. The van der Waals surface area contributed by atoms with E-state index >= 15 is 0 Å². The Kier molecular flexibility index (Phi) is 5.41. The molecule has 4 N–H and O–H groups in total. The first kappa shape index (κ1) is 13.8. The molecule has 1 unspecified atom stereocenters. The molecule has 0 aromatic rings. The highest BCUT2D eigenvalue weighted by Gasteiger charge is 2.19. The minimum Gasteiger partial charge on any atom is -0.480 e. The van der Waals surface area contributed by atoms with Crippen molar-refractivity contribution in [3.63, 3.8) is 0 Å². The minimum atomic E-state index is -1.25. The van der Waals surface area contributed by atoms with E-state index in [0.29, 0.717) is 0 Å². The normalized spacial score (nSPS) is 11.0. The van der Waals surface area contributed by atoms with Gasteiger partial charge in [-0.3, -0.25) is 9.59 Å². The van der Waals surface area contributed by atoms with Gasteiger partial charge < -0.3 is 21.1 Å². The molecule has 0 fully saturated rings. The third-order valence-corrected chi connectivity index (χ3v) is 1.55. The van der Waals surface area contributed by atoms with Gasteiger partial charge >= 0.3 is 12.0 Å². The molecule has 0 aliphatic heterocycles. The number of hydrogen-bond acceptors (Lipinski definition) is 3. The van der Waals surface area contributed by atoms with Gasteiger partial charge in [-0.1, -0.05) is 5.92 Å². The van der Waals surface area contributed by atoms with Gasteiger partial charge in [0.1, 0.15) is 13.1 Å². The maximum Gasteiger partial charge on any atom is 0.323 e. The molecular formula is C9H13N3O4. The van der Waals surface area contributed by atoms with Crippen molar-refractivity contribution in [3.05, 3.63) is 0 Å². The summed E-state index contributed by atoms with van der Waals surface area (Å²) >= 11 is 0. The predicted molar refractivity (Wildman–Crippen MR) is 55.2 cm³/mol. The second-order valence-corrected chi connectivity index (χ2v) is 3.05. The van der Waals surface area contributed by atoms with E-state index in [-0.39, 0.29) is 0 Å². The van der Waals surface area contributed by atoms with E-state index in [1.54, 1.807) is 6.92 Å². The quantitative estimate of drug-likeness (QED) is 0.501. The number of hydrogen-bond donors (Lipinski definition) is 3. The molecule has 7 heteroatoms. The van der Waals surface area contributed by atoms with Crippen molar-refractivity contribution in [3.8, 4) is 12.3 Å². The van der Waals surface area contributed by atoms with E-state index in [2.05, 4.69) is 11.2 Å². The number of primary amides is 1. The first-order valence-electron chi connectivity index (χ1n) is 4.38. The van der Waals surface area contributed by atoms with Gasteiger partial charge in [-0.05, 0) is 6.92 Å². The van der Waals surface area contributed by atoms with Crippen molar-refractivity contribution >= 4 is 17.9 Å². The third-order valence-electron chi connectivity index (χ3n) is 1.55. The molecule has 0 heterocycles. The molecule has 16 heavy (non-hydrogen) atoms. The molecule has 0 saturated carbocycles. The molecular weight excluding hydrogens is 214 g/mol. The van der Waals surface area contributed by atoms with Crippen LogP contribution in [0.2, 0.25) is 0 Å². The van der Waals surface area contributed by atoms with Crippen LogP contribution in [0.3, 0.4) is 0 Å². The number of nitrogens with two attached hydrogens (primary N) is 1. The third kappa shape index (κ3) is 5.49. The van der Waals surface area contributed by atoms with Crippen molar-refractivity contribution in [1.82, 2.24) is 10.2 Å². The van der Waals surface area contributed by atoms with Gasteiger partial charge in [0.2, 0.25) is 5.91 Å². The SMILES string of the molecule is C#CC(C)NC(=O)N(CC(N)=O)CC(=O)O. The van der Waals surface area contributed by atoms with Crippen molar-refractivity contribution in [2.75, 3.05) is 13.1 Å². The van der Waals surface area contributed by atoms with Crippen LogP contribution in [0.25, 0.3) is 0 Å². The largest absolute Gasteiger partial charge is 0.480 e. The first-order valence-corrected chi connectivity index (χ1v) is 4.38. The summed E-state index contributed by atoms with van der Waals surface area (Å²) in [4.78, 5) is 33.2. The highest BCUT2D eigenvalue weighted by molar-refractivity contribution is 5.86. The van der Waals surface area contributed by atoms with E-state index in [0.717, 1.165) is 4.90 Å². The predicted octanol–water partition coefficient (Wildman–Crippen LogP) is -1.41. The fourth-order valence-electron chi connectivity index (χ4n) is 0.869. The number of amides is 3. The Labute approximate surface area is 92.6 Å². The van der Waals surface area contributed by atoms with Crippen LogP contribution in [-0.4, -0.2) is 47.0 Å². The molecule has 0 spiro atoms. The second-order valence-electron chi connectivity index (χ2n) is 3.05. The van der Waals surface area contributed by atoms with E-state index in [1.165, 1.54) is 0 Å². The summed E-state index contributed by atoms with van der Waals surface area (Å²) in [6.07, 6.45) is 5.03.